The Balaban J connectivity index is 1.77. The Morgan fingerprint density at radius 3 is 2.53 bits per heavy atom. The van der Waals surface area contributed by atoms with Crippen LogP contribution in [0.5, 0.6) is 5.88 Å². The molecule has 1 N–H and O–H groups in total. The van der Waals surface area contributed by atoms with Gasteiger partial charge in [-0.2, -0.15) is 0 Å². The molecule has 0 aliphatic heterocycles. The number of aromatic nitrogens is 2. The van der Waals surface area contributed by atoms with Crippen LogP contribution in [0.4, 0.5) is 5.69 Å². The highest BCUT2D eigenvalue weighted by Crippen LogP contribution is 2.30. The Bertz CT molecular complexity index is 1210. The summed E-state index contributed by atoms with van der Waals surface area (Å²) in [6.45, 7) is 2.06. The molecule has 0 spiro atoms. The number of nitrogens with zero attached hydrogens (tertiary/aromatic N) is 2. The Hall–Kier alpha value is -3.93. The molecular formula is C24H21N3O3. The van der Waals surface area contributed by atoms with Gasteiger partial charge in [-0.15, -0.1) is 0 Å². The maximum atomic E-state index is 13.3. The van der Waals surface area contributed by atoms with Crippen molar-refractivity contribution in [1.82, 2.24) is 9.38 Å². The van der Waals surface area contributed by atoms with Crippen molar-refractivity contribution in [3.63, 3.8) is 0 Å². The van der Waals surface area contributed by atoms with E-state index in [-0.39, 0.29) is 0 Å². The SMILES string of the molecule is CCc1cccn2c(C(=O)C(=O)Nc3ccc(OC)nc3)c(-c3ccccc3)cc12. The van der Waals surface area contributed by atoms with Gasteiger partial charge in [0.05, 0.1) is 19.0 Å². The van der Waals surface area contributed by atoms with E-state index in [0.29, 0.717) is 17.3 Å². The molecule has 0 saturated carbocycles. The maximum Gasteiger partial charge on any atom is 0.298 e. The third-order valence-corrected chi connectivity index (χ3v) is 4.99. The lowest BCUT2D eigenvalue weighted by atomic mass is 10.0. The van der Waals surface area contributed by atoms with Gasteiger partial charge in [-0.25, -0.2) is 4.98 Å². The van der Waals surface area contributed by atoms with Crippen LogP contribution in [0.2, 0.25) is 0 Å². The van der Waals surface area contributed by atoms with E-state index in [4.69, 9.17) is 4.74 Å². The lowest BCUT2D eigenvalue weighted by molar-refractivity contribution is -0.112. The van der Waals surface area contributed by atoms with Crippen LogP contribution in [0.3, 0.4) is 0 Å². The van der Waals surface area contributed by atoms with E-state index in [1.165, 1.54) is 13.3 Å². The van der Waals surface area contributed by atoms with Crippen LogP contribution in [-0.2, 0) is 11.2 Å². The number of methoxy groups -OCH3 is 1. The fourth-order valence-electron chi connectivity index (χ4n) is 3.50. The van der Waals surface area contributed by atoms with Crippen LogP contribution >= 0.6 is 0 Å². The molecule has 0 unspecified atom stereocenters. The largest absolute Gasteiger partial charge is 0.481 e. The second-order valence-electron chi connectivity index (χ2n) is 6.79. The van der Waals surface area contributed by atoms with Crippen molar-refractivity contribution in [1.29, 1.82) is 0 Å². The molecule has 0 radical (unpaired) electrons. The van der Waals surface area contributed by atoms with E-state index < -0.39 is 11.7 Å². The van der Waals surface area contributed by atoms with Crippen molar-refractivity contribution in [3.05, 3.63) is 84.3 Å². The fraction of sp³-hybridized carbons (Fsp3) is 0.125. The molecule has 0 fully saturated rings. The van der Waals surface area contributed by atoms with Crippen LogP contribution in [-0.4, -0.2) is 28.2 Å². The topological polar surface area (TPSA) is 72.7 Å². The third-order valence-electron chi connectivity index (χ3n) is 4.99. The average Bonchev–Trinajstić information content (AvgIpc) is 3.19. The summed E-state index contributed by atoms with van der Waals surface area (Å²) < 4.78 is 6.82. The van der Waals surface area contributed by atoms with Crippen LogP contribution < -0.4 is 10.1 Å². The molecule has 0 atom stereocenters. The van der Waals surface area contributed by atoms with E-state index in [1.54, 1.807) is 16.5 Å². The summed E-state index contributed by atoms with van der Waals surface area (Å²) in [6, 6.07) is 18.8. The number of aryl methyl sites for hydroxylation is 1. The summed E-state index contributed by atoms with van der Waals surface area (Å²) in [5, 5.41) is 2.63. The Morgan fingerprint density at radius 1 is 1.07 bits per heavy atom. The smallest absolute Gasteiger partial charge is 0.298 e. The highest BCUT2D eigenvalue weighted by molar-refractivity contribution is 6.47. The summed E-state index contributed by atoms with van der Waals surface area (Å²) in [6.07, 6.45) is 4.09. The summed E-state index contributed by atoms with van der Waals surface area (Å²) in [4.78, 5) is 30.1. The summed E-state index contributed by atoms with van der Waals surface area (Å²) in [5.74, 6) is -0.908. The van der Waals surface area contributed by atoms with E-state index in [9.17, 15) is 9.59 Å². The van der Waals surface area contributed by atoms with E-state index >= 15 is 0 Å². The van der Waals surface area contributed by atoms with Gasteiger partial charge in [-0.1, -0.05) is 43.3 Å². The van der Waals surface area contributed by atoms with Gasteiger partial charge in [-0.05, 0) is 35.7 Å². The number of carbonyl (C=O) groups excluding carboxylic acids is 2. The first-order chi connectivity index (χ1) is 14.6. The lowest BCUT2D eigenvalue weighted by Gasteiger charge is -2.08. The van der Waals surface area contributed by atoms with Crippen molar-refractivity contribution in [2.24, 2.45) is 0 Å². The number of benzene rings is 1. The molecule has 6 nitrogen and oxygen atoms in total. The fourth-order valence-corrected chi connectivity index (χ4v) is 3.50. The number of nitrogens with one attached hydrogen (secondary N) is 1. The molecule has 3 heterocycles. The van der Waals surface area contributed by atoms with Gasteiger partial charge in [0.2, 0.25) is 5.88 Å². The molecule has 3 aromatic heterocycles. The second kappa shape index (κ2) is 8.21. The summed E-state index contributed by atoms with van der Waals surface area (Å²) in [7, 11) is 1.51. The van der Waals surface area contributed by atoms with Crippen molar-refractivity contribution in [2.45, 2.75) is 13.3 Å². The van der Waals surface area contributed by atoms with Crippen molar-refractivity contribution < 1.29 is 14.3 Å². The van der Waals surface area contributed by atoms with Crippen molar-refractivity contribution >= 4 is 22.9 Å². The monoisotopic (exact) mass is 399 g/mol. The zero-order valence-corrected chi connectivity index (χ0v) is 16.8. The first-order valence-electron chi connectivity index (χ1n) is 9.66. The molecule has 0 bridgehead atoms. The van der Waals surface area contributed by atoms with Gasteiger partial charge in [0.25, 0.3) is 11.7 Å². The maximum absolute atomic E-state index is 13.3. The van der Waals surface area contributed by atoms with Gasteiger partial charge in [0.15, 0.2) is 0 Å². The zero-order chi connectivity index (χ0) is 21.1. The predicted octanol–water partition coefficient (Wildman–Crippen LogP) is 4.39. The van der Waals surface area contributed by atoms with Crippen LogP contribution in [0.15, 0.2) is 73.1 Å². The number of hydrogen-bond acceptors (Lipinski definition) is 4. The molecule has 30 heavy (non-hydrogen) atoms. The van der Waals surface area contributed by atoms with Gasteiger partial charge in [-0.3, -0.25) is 9.59 Å². The average molecular weight is 399 g/mol. The minimum absolute atomic E-state index is 0.338. The third kappa shape index (κ3) is 3.55. The minimum atomic E-state index is -0.721. The lowest BCUT2D eigenvalue weighted by Crippen LogP contribution is -2.24. The Morgan fingerprint density at radius 2 is 1.87 bits per heavy atom. The molecular weight excluding hydrogens is 378 g/mol. The number of anilines is 1. The van der Waals surface area contributed by atoms with E-state index in [0.717, 1.165) is 28.6 Å². The van der Waals surface area contributed by atoms with E-state index in [2.05, 4.69) is 17.2 Å². The first-order valence-corrected chi connectivity index (χ1v) is 9.66. The molecule has 6 heteroatoms. The van der Waals surface area contributed by atoms with Gasteiger partial charge < -0.3 is 14.5 Å². The summed E-state index contributed by atoms with van der Waals surface area (Å²) in [5.41, 5.74) is 4.39. The number of ether oxygens (including phenoxy) is 1. The second-order valence-corrected chi connectivity index (χ2v) is 6.79. The van der Waals surface area contributed by atoms with Crippen LogP contribution in [0.1, 0.15) is 23.0 Å². The zero-order valence-electron chi connectivity index (χ0n) is 16.8. The predicted molar refractivity (Wildman–Crippen MR) is 116 cm³/mol. The number of Topliss-reactive ketones (excluding diaryl/α,β-unsaturated/α-hetero) is 1. The molecule has 150 valence electrons. The summed E-state index contributed by atoms with van der Waals surface area (Å²) >= 11 is 0. The van der Waals surface area contributed by atoms with Crippen molar-refractivity contribution in [2.75, 3.05) is 12.4 Å². The Kier molecular flexibility index (Phi) is 5.30. The van der Waals surface area contributed by atoms with Crippen LogP contribution in [0.25, 0.3) is 16.6 Å². The standard InChI is InChI=1S/C24H21N3O3/c1-3-16-10-7-13-27-20(16)14-19(17-8-5-4-6-9-17)22(27)23(28)24(29)26-18-11-12-21(30-2)25-15-18/h4-15H,3H2,1-2H3,(H,26,29). The van der Waals surface area contributed by atoms with Gasteiger partial charge in [0, 0.05) is 23.3 Å². The molecule has 4 rings (SSSR count). The Labute approximate surface area is 174 Å². The van der Waals surface area contributed by atoms with Crippen LogP contribution in [0, 0.1) is 0 Å². The molecule has 4 aromatic rings. The molecule has 1 aromatic carbocycles. The highest BCUT2D eigenvalue weighted by atomic mass is 16.5. The number of rotatable bonds is 6. The number of fused-ring (bicyclic) bond motifs is 1. The number of amides is 1. The molecule has 1 amide bonds. The quantitative estimate of drug-likeness (QED) is 0.385. The molecule has 0 aliphatic carbocycles. The first kappa shape index (κ1) is 19.4. The highest BCUT2D eigenvalue weighted by Gasteiger charge is 2.25. The number of hydrogen-bond donors (Lipinski definition) is 1. The van der Waals surface area contributed by atoms with Crippen molar-refractivity contribution in [3.8, 4) is 17.0 Å². The normalized spacial score (nSPS) is 10.7. The van der Waals surface area contributed by atoms with Gasteiger partial charge in [0.1, 0.15) is 5.69 Å². The number of pyridine rings is 2. The van der Waals surface area contributed by atoms with Gasteiger partial charge >= 0.3 is 0 Å². The van der Waals surface area contributed by atoms with E-state index in [1.807, 2.05) is 54.7 Å². The minimum Gasteiger partial charge on any atom is -0.481 e. The number of carbonyl (C=O) groups is 2. The molecule has 0 saturated heterocycles. The molecule has 0 aliphatic rings. The number of ketones is 1.